The first-order valence-electron chi connectivity index (χ1n) is 8.37. The molecule has 0 fully saturated rings. The zero-order valence-electron chi connectivity index (χ0n) is 15.9. The number of esters is 1. The summed E-state index contributed by atoms with van der Waals surface area (Å²) in [5, 5.41) is 2.56. The van der Waals surface area contributed by atoms with E-state index in [-0.39, 0.29) is 18.9 Å². The highest BCUT2D eigenvalue weighted by molar-refractivity contribution is 7.98. The maximum atomic E-state index is 12.6. The fourth-order valence-electron chi connectivity index (χ4n) is 2.54. The molecular weight excluding hydrogens is 391 g/mol. The van der Waals surface area contributed by atoms with E-state index in [0.717, 1.165) is 15.4 Å². The number of benzene rings is 1. The van der Waals surface area contributed by atoms with Crippen molar-refractivity contribution in [3.63, 3.8) is 0 Å². The van der Waals surface area contributed by atoms with E-state index in [1.54, 1.807) is 0 Å². The van der Waals surface area contributed by atoms with Crippen molar-refractivity contribution in [1.29, 1.82) is 0 Å². The van der Waals surface area contributed by atoms with Crippen molar-refractivity contribution in [3.05, 3.63) is 29.8 Å². The molecule has 10 heteroatoms. The largest absolute Gasteiger partial charge is 0.467 e. The Labute approximate surface area is 163 Å². The second-order valence-electron chi connectivity index (χ2n) is 6.46. The number of hydrogen-bond acceptors (Lipinski definition) is 5. The summed E-state index contributed by atoms with van der Waals surface area (Å²) < 4.78 is 16.1. The van der Waals surface area contributed by atoms with Gasteiger partial charge in [-0.2, -0.15) is 0 Å². The number of thioether (sulfide) groups is 1. The van der Waals surface area contributed by atoms with Gasteiger partial charge in [-0.1, -0.05) is 32.0 Å². The van der Waals surface area contributed by atoms with Crippen molar-refractivity contribution in [2.75, 3.05) is 26.2 Å². The summed E-state index contributed by atoms with van der Waals surface area (Å²) in [6.07, 6.45) is 1.40. The number of nitrogens with zero attached hydrogens (tertiary/aromatic N) is 1. The van der Waals surface area contributed by atoms with Crippen LogP contribution < -0.4 is 5.32 Å². The number of hydrogen-bond donors (Lipinski definition) is 3. The minimum atomic E-state index is -4.44. The quantitative estimate of drug-likeness (QED) is 0.320. The highest BCUT2D eigenvalue weighted by Crippen LogP contribution is 2.35. The number of urea groups is 1. The van der Waals surface area contributed by atoms with Gasteiger partial charge in [0.1, 0.15) is 12.3 Å². The van der Waals surface area contributed by atoms with Crippen LogP contribution in [-0.4, -0.2) is 58.9 Å². The Morgan fingerprint density at radius 1 is 1.30 bits per heavy atom. The number of methoxy groups -OCH3 is 1. The molecule has 1 atom stereocenters. The number of ether oxygens (including phenoxy) is 1. The summed E-state index contributed by atoms with van der Waals surface area (Å²) in [4.78, 5) is 45.2. The fraction of sp³-hybridized carbons (Fsp3) is 0.529. The van der Waals surface area contributed by atoms with E-state index in [0.29, 0.717) is 0 Å². The van der Waals surface area contributed by atoms with Crippen LogP contribution in [0.4, 0.5) is 4.79 Å². The molecule has 27 heavy (non-hydrogen) atoms. The zero-order chi connectivity index (χ0) is 20.6. The molecule has 0 heterocycles. The Morgan fingerprint density at radius 2 is 1.93 bits per heavy atom. The van der Waals surface area contributed by atoms with E-state index in [9.17, 15) is 23.9 Å². The average molecular weight is 418 g/mol. The SMILES string of the molecule is COC(=O)[C@H](Cc1ccccc1SC)NC(=O)N(CC(C)C)CP(=O)(O)O. The van der Waals surface area contributed by atoms with Gasteiger partial charge in [0, 0.05) is 17.9 Å². The fourth-order valence-corrected chi connectivity index (χ4v) is 3.85. The van der Waals surface area contributed by atoms with Crippen LogP contribution in [0.25, 0.3) is 0 Å². The summed E-state index contributed by atoms with van der Waals surface area (Å²) in [6.45, 7) is 3.80. The van der Waals surface area contributed by atoms with E-state index >= 15 is 0 Å². The molecule has 152 valence electrons. The van der Waals surface area contributed by atoms with Gasteiger partial charge in [-0.3, -0.25) is 4.57 Å². The van der Waals surface area contributed by atoms with Gasteiger partial charge in [0.05, 0.1) is 7.11 Å². The second kappa shape index (κ2) is 10.7. The highest BCUT2D eigenvalue weighted by atomic mass is 32.2. The Balaban J connectivity index is 3.01. The van der Waals surface area contributed by atoms with Crippen LogP contribution >= 0.6 is 19.4 Å². The molecule has 8 nitrogen and oxygen atoms in total. The van der Waals surface area contributed by atoms with Gasteiger partial charge in [0.2, 0.25) is 0 Å². The lowest BCUT2D eigenvalue weighted by atomic mass is 10.1. The summed E-state index contributed by atoms with van der Waals surface area (Å²) in [7, 11) is -3.21. The van der Waals surface area contributed by atoms with E-state index in [2.05, 4.69) is 5.32 Å². The van der Waals surface area contributed by atoms with E-state index in [4.69, 9.17) is 4.74 Å². The molecule has 0 radical (unpaired) electrons. The molecule has 0 aliphatic rings. The van der Waals surface area contributed by atoms with Crippen LogP contribution in [0, 0.1) is 5.92 Å². The Morgan fingerprint density at radius 3 is 2.44 bits per heavy atom. The third kappa shape index (κ3) is 8.34. The lowest BCUT2D eigenvalue weighted by Crippen LogP contribution is -2.50. The van der Waals surface area contributed by atoms with Gasteiger partial charge in [-0.05, 0) is 23.8 Å². The van der Waals surface area contributed by atoms with Gasteiger partial charge < -0.3 is 24.7 Å². The maximum Gasteiger partial charge on any atom is 0.344 e. The molecule has 0 unspecified atom stereocenters. The maximum absolute atomic E-state index is 12.6. The second-order valence-corrected chi connectivity index (χ2v) is 8.92. The molecule has 0 spiro atoms. The molecule has 0 aliphatic carbocycles. The highest BCUT2D eigenvalue weighted by Gasteiger charge is 2.29. The lowest BCUT2D eigenvalue weighted by molar-refractivity contribution is -0.142. The predicted octanol–water partition coefficient (Wildman–Crippen LogP) is 2.30. The molecule has 0 aliphatic heterocycles. The van der Waals surface area contributed by atoms with Crippen molar-refractivity contribution in [2.45, 2.75) is 31.2 Å². The number of rotatable bonds is 9. The molecule has 2 amide bonds. The normalized spacial score (nSPS) is 12.6. The van der Waals surface area contributed by atoms with E-state index in [1.807, 2.05) is 44.4 Å². The molecule has 0 saturated carbocycles. The predicted molar refractivity (Wildman–Crippen MR) is 105 cm³/mol. The number of carbonyl (C=O) groups excluding carboxylic acids is 2. The van der Waals surface area contributed by atoms with E-state index < -0.39 is 31.9 Å². The minimum Gasteiger partial charge on any atom is -0.467 e. The third-order valence-electron chi connectivity index (χ3n) is 3.63. The zero-order valence-corrected chi connectivity index (χ0v) is 17.6. The van der Waals surface area contributed by atoms with Crippen LogP contribution in [0.3, 0.4) is 0 Å². The van der Waals surface area contributed by atoms with Crippen molar-refractivity contribution in [3.8, 4) is 0 Å². The Bertz CT molecular complexity index is 694. The van der Waals surface area contributed by atoms with Crippen LogP contribution in [0.1, 0.15) is 19.4 Å². The minimum absolute atomic E-state index is 0.00362. The Kier molecular flexibility index (Phi) is 9.32. The molecule has 3 N–H and O–H groups in total. The van der Waals surface area contributed by atoms with Gasteiger partial charge in [0.25, 0.3) is 0 Å². The molecular formula is C17H27N2O6PS. The summed E-state index contributed by atoms with van der Waals surface area (Å²) in [6, 6.07) is 5.80. The first kappa shape index (κ1) is 23.5. The standard InChI is InChI=1S/C17H27N2O6PS/c1-12(2)10-19(11-26(22,23)24)17(21)18-14(16(20)25-3)9-13-7-5-6-8-15(13)27-4/h5-8,12,14H,9-11H2,1-4H3,(H,18,21)(H2,22,23,24)/t14-/m0/s1. The number of nitrogens with one attached hydrogen (secondary N) is 1. The molecule has 0 bridgehead atoms. The number of carbonyl (C=O) groups is 2. The third-order valence-corrected chi connectivity index (χ3v) is 5.18. The first-order valence-corrected chi connectivity index (χ1v) is 11.4. The molecule has 1 rings (SSSR count). The van der Waals surface area contributed by atoms with Crippen LogP contribution in [0.5, 0.6) is 0 Å². The van der Waals surface area contributed by atoms with Crippen molar-refractivity contribution in [1.82, 2.24) is 10.2 Å². The molecule has 0 saturated heterocycles. The van der Waals surface area contributed by atoms with Gasteiger partial charge in [0.15, 0.2) is 0 Å². The summed E-state index contributed by atoms with van der Waals surface area (Å²) in [5.41, 5.74) is 0.867. The van der Waals surface area contributed by atoms with Gasteiger partial charge >= 0.3 is 19.6 Å². The van der Waals surface area contributed by atoms with Crippen LogP contribution in [0.2, 0.25) is 0 Å². The molecule has 0 aromatic heterocycles. The first-order chi connectivity index (χ1) is 12.6. The van der Waals surface area contributed by atoms with Gasteiger partial charge in [-0.25, -0.2) is 9.59 Å². The topological polar surface area (TPSA) is 116 Å². The Hall–Kier alpha value is -1.54. The van der Waals surface area contributed by atoms with Crippen molar-refractivity contribution < 1.29 is 28.7 Å². The molecule has 1 aromatic rings. The van der Waals surface area contributed by atoms with Crippen LogP contribution in [0.15, 0.2) is 29.2 Å². The number of amides is 2. The van der Waals surface area contributed by atoms with Crippen molar-refractivity contribution >= 4 is 31.4 Å². The van der Waals surface area contributed by atoms with Gasteiger partial charge in [-0.15, -0.1) is 11.8 Å². The van der Waals surface area contributed by atoms with E-state index in [1.165, 1.54) is 18.9 Å². The lowest BCUT2D eigenvalue weighted by Gasteiger charge is -2.27. The molecule has 1 aromatic carbocycles. The summed E-state index contributed by atoms with van der Waals surface area (Å²) >= 11 is 1.52. The monoisotopic (exact) mass is 418 g/mol. The van der Waals surface area contributed by atoms with Crippen LogP contribution in [-0.2, 0) is 20.5 Å². The van der Waals surface area contributed by atoms with Crippen molar-refractivity contribution in [2.24, 2.45) is 5.92 Å². The summed E-state index contributed by atoms with van der Waals surface area (Å²) in [5.74, 6) is -0.629. The average Bonchev–Trinajstić information content (AvgIpc) is 2.58. The smallest absolute Gasteiger partial charge is 0.344 e.